The molecule has 2 fully saturated rings. The Hall–Kier alpha value is -0.960. The van der Waals surface area contributed by atoms with Crippen LogP contribution in [0.3, 0.4) is 0 Å². The highest BCUT2D eigenvalue weighted by atomic mass is 31.3. The first-order chi connectivity index (χ1) is 14.1. The van der Waals surface area contributed by atoms with Crippen molar-refractivity contribution in [1.82, 2.24) is 10.2 Å². The molecule has 1 amide bonds. The van der Waals surface area contributed by atoms with Crippen LogP contribution in [-0.2, 0) is 41.1 Å². The highest BCUT2D eigenvalue weighted by Gasteiger charge is 2.67. The number of hydrogen-bond donors (Lipinski definition) is 6. The Kier molecular flexibility index (Phi) is 6.46. The summed E-state index contributed by atoms with van der Waals surface area (Å²) in [6.45, 7) is 4.21. The molecule has 6 N–H and O–H groups in total. The van der Waals surface area contributed by atoms with Crippen LogP contribution in [-0.4, -0.2) is 72.2 Å². The zero-order valence-corrected chi connectivity index (χ0v) is 18.3. The number of phosphoric acid groups is 3. The predicted octanol–water partition coefficient (Wildman–Crippen LogP) is -1.01. The van der Waals surface area contributed by atoms with Gasteiger partial charge in [-0.3, -0.25) is 9.32 Å². The fraction of sp³-hybridized carbons (Fsp3) is 0.583. The molecule has 2 unspecified atom stereocenters. The molecule has 3 aliphatic heterocycles. The van der Waals surface area contributed by atoms with Crippen LogP contribution in [0, 0.1) is 0 Å². The van der Waals surface area contributed by atoms with E-state index in [9.17, 15) is 33.4 Å². The summed E-state index contributed by atoms with van der Waals surface area (Å²) < 4.78 is 57.5. The number of hydrogen-bond acceptors (Lipinski definition) is 11. The van der Waals surface area contributed by atoms with Crippen molar-refractivity contribution in [3.63, 3.8) is 0 Å². The lowest BCUT2D eigenvalue weighted by molar-refractivity contribution is -0.221. The molecule has 0 aromatic rings. The Bertz CT molecular complexity index is 949. The van der Waals surface area contributed by atoms with Crippen LogP contribution in [0.25, 0.3) is 0 Å². The summed E-state index contributed by atoms with van der Waals surface area (Å²) in [6.07, 6.45) is -1.86. The molecule has 0 aliphatic carbocycles. The minimum atomic E-state index is -5.70. The lowest BCUT2D eigenvalue weighted by Crippen LogP contribution is -2.53. The van der Waals surface area contributed by atoms with E-state index in [1.54, 1.807) is 0 Å². The first kappa shape index (κ1) is 24.7. The summed E-state index contributed by atoms with van der Waals surface area (Å²) in [6, 6.07) is 0. The molecule has 16 nitrogen and oxygen atoms in total. The number of aliphatic hydroxyl groups excluding tert-OH is 1. The predicted molar refractivity (Wildman–Crippen MR) is 96.0 cm³/mol. The van der Waals surface area contributed by atoms with Gasteiger partial charge in [-0.2, -0.15) is 8.62 Å². The van der Waals surface area contributed by atoms with Crippen LogP contribution in [0.1, 0.15) is 6.92 Å². The number of carbonyl (C=O) groups is 1. The van der Waals surface area contributed by atoms with Crippen molar-refractivity contribution < 1.29 is 65.8 Å². The maximum Gasteiger partial charge on any atom is 0.490 e. The minimum absolute atomic E-state index is 0.108. The summed E-state index contributed by atoms with van der Waals surface area (Å²) in [5.74, 6) is -0.335. The van der Waals surface area contributed by atoms with Gasteiger partial charge in [0.2, 0.25) is 0 Å². The number of rotatable bonds is 8. The van der Waals surface area contributed by atoms with E-state index >= 15 is 0 Å². The molecule has 0 aromatic carbocycles. The maximum absolute atomic E-state index is 12.0. The van der Waals surface area contributed by atoms with Gasteiger partial charge in [0.1, 0.15) is 23.6 Å². The molecule has 3 aliphatic rings. The SMILES string of the molecule is C=C1NC(=O)C=CN1[C@@H]1O[C@@]2(COP(=O)(O)OP(=O)(O)OP(=O)(O)O)[C@@H](C)O[C@@H]1[C@@H]2O. The largest absolute Gasteiger partial charge is 0.490 e. The van der Waals surface area contributed by atoms with Gasteiger partial charge in [-0.1, -0.05) is 6.58 Å². The van der Waals surface area contributed by atoms with E-state index in [4.69, 9.17) is 19.3 Å². The monoisotopic (exact) mass is 508 g/mol. The van der Waals surface area contributed by atoms with Crippen LogP contribution in [0.4, 0.5) is 0 Å². The maximum atomic E-state index is 12.0. The number of nitrogens with zero attached hydrogens (tertiary/aromatic N) is 1. The van der Waals surface area contributed by atoms with E-state index in [0.29, 0.717) is 0 Å². The number of aliphatic hydroxyl groups is 1. The number of fused-ring (bicyclic) bond motifs is 2. The molecular formula is C12H19N2O14P3. The molecule has 2 saturated heterocycles. The summed E-state index contributed by atoms with van der Waals surface area (Å²) in [7, 11) is -16.7. The number of phosphoric ester groups is 1. The Morgan fingerprint density at radius 3 is 2.45 bits per heavy atom. The van der Waals surface area contributed by atoms with E-state index in [2.05, 4.69) is 25.0 Å². The number of amides is 1. The van der Waals surface area contributed by atoms with Crippen LogP contribution in [0.15, 0.2) is 24.7 Å². The Morgan fingerprint density at radius 1 is 1.23 bits per heavy atom. The second-order valence-corrected chi connectivity index (χ2v) is 11.1. The minimum Gasteiger partial charge on any atom is -0.387 e. The van der Waals surface area contributed by atoms with Gasteiger partial charge < -0.3 is 44.4 Å². The van der Waals surface area contributed by atoms with Gasteiger partial charge in [0.15, 0.2) is 6.23 Å². The van der Waals surface area contributed by atoms with Crippen molar-refractivity contribution in [2.24, 2.45) is 0 Å². The third-order valence-electron chi connectivity index (χ3n) is 4.59. The third kappa shape index (κ3) is 5.18. The van der Waals surface area contributed by atoms with Gasteiger partial charge in [0.25, 0.3) is 5.91 Å². The third-order valence-corrected chi connectivity index (χ3v) is 8.37. The van der Waals surface area contributed by atoms with E-state index in [0.717, 1.165) is 0 Å². The van der Waals surface area contributed by atoms with E-state index in [1.165, 1.54) is 24.1 Å². The first-order valence-corrected chi connectivity index (χ1v) is 12.8. The fourth-order valence-corrected chi connectivity index (χ4v) is 6.35. The summed E-state index contributed by atoms with van der Waals surface area (Å²) in [4.78, 5) is 48.7. The van der Waals surface area contributed by atoms with E-state index in [-0.39, 0.29) is 5.82 Å². The molecule has 7 atom stereocenters. The van der Waals surface area contributed by atoms with Gasteiger partial charge in [-0.15, -0.1) is 0 Å². The Balaban J connectivity index is 1.73. The molecular weight excluding hydrogens is 489 g/mol. The Labute approximate surface area is 174 Å². The van der Waals surface area contributed by atoms with Crippen molar-refractivity contribution in [1.29, 1.82) is 0 Å². The lowest BCUT2D eigenvalue weighted by atomic mass is 9.94. The quantitative estimate of drug-likeness (QED) is 0.216. The number of carbonyl (C=O) groups excluding carboxylic acids is 1. The summed E-state index contributed by atoms with van der Waals surface area (Å²) >= 11 is 0. The Morgan fingerprint density at radius 2 is 1.87 bits per heavy atom. The van der Waals surface area contributed by atoms with Crippen molar-refractivity contribution in [3.8, 4) is 0 Å². The standard InChI is InChI=1S/C12H19N2O14P3/c1-6-12(5-24-30(20,21)28-31(22,23)27-29(17,18)19)10(16)9(25-6)11(26-12)14-4-3-8(15)13-7(14)2/h3-4,6,9-11,16H,2,5H2,1H3,(H,13,15)(H,20,21)(H,22,23)(H2,17,18,19)/t6-,9-,10+,11-,12+/m1/s1. The van der Waals surface area contributed by atoms with Crippen LogP contribution in [0.2, 0.25) is 0 Å². The van der Waals surface area contributed by atoms with Crippen molar-refractivity contribution in [3.05, 3.63) is 24.7 Å². The molecule has 31 heavy (non-hydrogen) atoms. The van der Waals surface area contributed by atoms with Crippen molar-refractivity contribution >= 4 is 29.4 Å². The highest BCUT2D eigenvalue weighted by Crippen LogP contribution is 2.66. The normalized spacial score (nSPS) is 36.9. The van der Waals surface area contributed by atoms with Crippen LogP contribution in [0.5, 0.6) is 0 Å². The molecule has 176 valence electrons. The summed E-state index contributed by atoms with van der Waals surface area (Å²) in [5, 5.41) is 13.1. The first-order valence-electron chi connectivity index (χ1n) is 8.31. The average molecular weight is 508 g/mol. The van der Waals surface area contributed by atoms with Gasteiger partial charge >= 0.3 is 23.5 Å². The smallest absolute Gasteiger partial charge is 0.387 e. The molecule has 2 bridgehead atoms. The van der Waals surface area contributed by atoms with Crippen LogP contribution >= 0.6 is 23.5 Å². The van der Waals surface area contributed by atoms with Gasteiger partial charge in [0, 0.05) is 12.3 Å². The number of ether oxygens (including phenoxy) is 2. The van der Waals surface area contributed by atoms with Crippen molar-refractivity contribution in [2.75, 3.05) is 6.61 Å². The second-order valence-electron chi connectivity index (χ2n) is 6.67. The second kappa shape index (κ2) is 8.12. The van der Waals surface area contributed by atoms with E-state index in [1.807, 2.05) is 0 Å². The fourth-order valence-electron chi connectivity index (χ4n) is 3.29. The molecule has 0 radical (unpaired) electrons. The van der Waals surface area contributed by atoms with Gasteiger partial charge in [-0.05, 0) is 6.92 Å². The van der Waals surface area contributed by atoms with Gasteiger partial charge in [-0.25, -0.2) is 13.7 Å². The number of nitrogens with one attached hydrogen (secondary N) is 1. The summed E-state index contributed by atoms with van der Waals surface area (Å²) in [5.41, 5.74) is -1.75. The highest BCUT2D eigenvalue weighted by molar-refractivity contribution is 7.66. The molecule has 0 aromatic heterocycles. The molecule has 3 heterocycles. The van der Waals surface area contributed by atoms with E-state index < -0.39 is 66.1 Å². The lowest BCUT2D eigenvalue weighted by Gasteiger charge is -2.40. The molecule has 19 heteroatoms. The topological polar surface area (TPSA) is 231 Å². The molecule has 0 saturated carbocycles. The molecule has 3 rings (SSSR count). The van der Waals surface area contributed by atoms with Crippen LogP contribution < -0.4 is 5.32 Å². The molecule has 0 spiro atoms. The van der Waals surface area contributed by atoms with Crippen molar-refractivity contribution in [2.45, 2.75) is 37.1 Å². The zero-order chi connectivity index (χ0) is 23.4. The van der Waals surface area contributed by atoms with Gasteiger partial charge in [0.05, 0.1) is 12.7 Å². The average Bonchev–Trinajstić information content (AvgIpc) is 2.96. The zero-order valence-electron chi connectivity index (χ0n) is 15.6.